The van der Waals surface area contributed by atoms with Crippen LogP contribution in [0.25, 0.3) is 0 Å². The van der Waals surface area contributed by atoms with Gasteiger partial charge in [-0.1, -0.05) is 50.2 Å². The monoisotopic (exact) mass is 581 g/mol. The highest BCUT2D eigenvalue weighted by molar-refractivity contribution is 7.92. The van der Waals surface area contributed by atoms with Crippen molar-refractivity contribution < 1.29 is 27.5 Å². The molecule has 0 bridgehead atoms. The lowest BCUT2D eigenvalue weighted by Gasteiger charge is -2.33. The maximum atomic E-state index is 14.1. The van der Waals surface area contributed by atoms with Crippen LogP contribution in [0.2, 0.25) is 0 Å². The van der Waals surface area contributed by atoms with Crippen LogP contribution in [0.5, 0.6) is 11.5 Å². The first kappa shape index (κ1) is 31.5. The van der Waals surface area contributed by atoms with Gasteiger partial charge in [-0.3, -0.25) is 13.9 Å². The van der Waals surface area contributed by atoms with E-state index in [0.717, 1.165) is 16.3 Å². The number of nitrogens with zero attached hydrogens (tertiary/aromatic N) is 2. The molecule has 220 valence electrons. The molecule has 0 radical (unpaired) electrons. The highest BCUT2D eigenvalue weighted by Gasteiger charge is 2.34. The molecule has 3 aromatic rings. The Bertz CT molecular complexity index is 1400. The third-order valence-electron chi connectivity index (χ3n) is 6.85. The molecule has 2 amide bonds. The van der Waals surface area contributed by atoms with Gasteiger partial charge in [0.15, 0.2) is 0 Å². The molecule has 0 fully saturated rings. The van der Waals surface area contributed by atoms with Crippen LogP contribution in [0.4, 0.5) is 5.69 Å². The molecule has 0 saturated heterocycles. The second kappa shape index (κ2) is 14.5. The predicted molar refractivity (Wildman–Crippen MR) is 159 cm³/mol. The highest BCUT2D eigenvalue weighted by atomic mass is 32.2. The molecule has 0 heterocycles. The Labute approximate surface area is 243 Å². The summed E-state index contributed by atoms with van der Waals surface area (Å²) >= 11 is 0. The fourth-order valence-electron chi connectivity index (χ4n) is 4.30. The standard InChI is InChI=1S/C31H39N3O6S/c1-6-23(3)32-31(36)29(7-2)33(21-24-16-18-26(39-4)19-17-24)30(35)22-34(25-12-11-13-27(20-25)40-5)41(37,38)28-14-9-8-10-15-28/h8-20,23,29H,6-7,21-22H2,1-5H3,(H,32,36). The van der Waals surface area contributed by atoms with E-state index in [9.17, 15) is 18.0 Å². The van der Waals surface area contributed by atoms with Crippen LogP contribution in [-0.2, 0) is 26.2 Å². The zero-order chi connectivity index (χ0) is 30.0. The average molecular weight is 582 g/mol. The van der Waals surface area contributed by atoms with E-state index < -0.39 is 28.5 Å². The van der Waals surface area contributed by atoms with Crippen LogP contribution in [-0.4, -0.2) is 58.0 Å². The zero-order valence-corrected chi connectivity index (χ0v) is 25.1. The first-order valence-corrected chi connectivity index (χ1v) is 15.0. The van der Waals surface area contributed by atoms with Crippen molar-refractivity contribution in [2.75, 3.05) is 25.1 Å². The Morgan fingerprint density at radius 1 is 0.854 bits per heavy atom. The van der Waals surface area contributed by atoms with Crippen LogP contribution in [0, 0.1) is 0 Å². The quantitative estimate of drug-likeness (QED) is 0.298. The Morgan fingerprint density at radius 2 is 1.51 bits per heavy atom. The average Bonchev–Trinajstić information content (AvgIpc) is 3.00. The lowest BCUT2D eigenvalue weighted by Crippen LogP contribution is -2.53. The summed E-state index contributed by atoms with van der Waals surface area (Å²) in [5.74, 6) is 0.292. The zero-order valence-electron chi connectivity index (χ0n) is 24.2. The number of benzene rings is 3. The number of nitrogens with one attached hydrogen (secondary N) is 1. The molecule has 0 spiro atoms. The van der Waals surface area contributed by atoms with Gasteiger partial charge in [0, 0.05) is 18.7 Å². The Hall–Kier alpha value is -4.05. The van der Waals surface area contributed by atoms with E-state index in [-0.39, 0.29) is 29.1 Å². The van der Waals surface area contributed by atoms with Crippen LogP contribution < -0.4 is 19.1 Å². The van der Waals surface area contributed by atoms with E-state index in [0.29, 0.717) is 17.9 Å². The molecule has 0 aliphatic carbocycles. The minimum atomic E-state index is -4.15. The molecular formula is C31H39N3O6S. The molecule has 0 aromatic heterocycles. The number of anilines is 1. The summed E-state index contributed by atoms with van der Waals surface area (Å²) in [7, 11) is -1.10. The van der Waals surface area contributed by atoms with Gasteiger partial charge in [-0.05, 0) is 61.7 Å². The molecule has 9 nitrogen and oxygen atoms in total. The third kappa shape index (κ3) is 8.00. The number of methoxy groups -OCH3 is 2. The lowest BCUT2D eigenvalue weighted by molar-refractivity contribution is -0.140. The van der Waals surface area contributed by atoms with Gasteiger partial charge in [0.2, 0.25) is 11.8 Å². The summed E-state index contributed by atoms with van der Waals surface area (Å²) < 4.78 is 39.4. The maximum absolute atomic E-state index is 14.1. The van der Waals surface area contributed by atoms with Crippen molar-refractivity contribution in [3.63, 3.8) is 0 Å². The van der Waals surface area contributed by atoms with E-state index in [1.807, 2.05) is 32.9 Å². The van der Waals surface area contributed by atoms with Crippen molar-refractivity contribution in [3.05, 3.63) is 84.4 Å². The number of hydrogen-bond donors (Lipinski definition) is 1. The van der Waals surface area contributed by atoms with Gasteiger partial charge in [-0.15, -0.1) is 0 Å². The van der Waals surface area contributed by atoms with Crippen molar-refractivity contribution in [1.29, 1.82) is 0 Å². The number of rotatable bonds is 14. The molecule has 0 aliphatic rings. The Morgan fingerprint density at radius 3 is 2.10 bits per heavy atom. The molecule has 0 aliphatic heterocycles. The molecular weight excluding hydrogens is 542 g/mol. The number of hydrogen-bond acceptors (Lipinski definition) is 6. The van der Waals surface area contributed by atoms with Gasteiger partial charge in [0.05, 0.1) is 24.8 Å². The summed E-state index contributed by atoms with van der Waals surface area (Å²) in [4.78, 5) is 29.0. The fourth-order valence-corrected chi connectivity index (χ4v) is 5.73. The van der Waals surface area contributed by atoms with Crippen molar-refractivity contribution in [2.24, 2.45) is 0 Å². The van der Waals surface area contributed by atoms with Crippen molar-refractivity contribution >= 4 is 27.5 Å². The fraction of sp³-hybridized carbons (Fsp3) is 0.355. The SMILES string of the molecule is CCC(C)NC(=O)C(CC)N(Cc1ccc(OC)cc1)C(=O)CN(c1cccc(OC)c1)S(=O)(=O)c1ccccc1. The number of ether oxygens (including phenoxy) is 2. The van der Waals surface area contributed by atoms with Crippen molar-refractivity contribution in [2.45, 2.75) is 57.1 Å². The lowest BCUT2D eigenvalue weighted by atomic mass is 10.1. The number of carbonyl (C=O) groups excluding carboxylic acids is 2. The van der Waals surface area contributed by atoms with E-state index in [4.69, 9.17) is 9.47 Å². The first-order chi connectivity index (χ1) is 19.6. The molecule has 2 atom stereocenters. The Balaban J connectivity index is 2.06. The minimum Gasteiger partial charge on any atom is -0.497 e. The largest absolute Gasteiger partial charge is 0.497 e. The summed E-state index contributed by atoms with van der Waals surface area (Å²) in [5.41, 5.74) is 1.04. The third-order valence-corrected chi connectivity index (χ3v) is 8.64. The smallest absolute Gasteiger partial charge is 0.264 e. The van der Waals surface area contributed by atoms with Gasteiger partial charge in [0.1, 0.15) is 24.1 Å². The highest BCUT2D eigenvalue weighted by Crippen LogP contribution is 2.28. The molecule has 0 saturated carbocycles. The summed E-state index contributed by atoms with van der Waals surface area (Å²) in [6.07, 6.45) is 1.07. The summed E-state index contributed by atoms with van der Waals surface area (Å²) in [6, 6.07) is 20.8. The first-order valence-electron chi connectivity index (χ1n) is 13.6. The van der Waals surface area contributed by atoms with Gasteiger partial charge in [-0.25, -0.2) is 8.42 Å². The minimum absolute atomic E-state index is 0.0406. The second-order valence-corrected chi connectivity index (χ2v) is 11.5. The van der Waals surface area contributed by atoms with Gasteiger partial charge < -0.3 is 19.7 Å². The van der Waals surface area contributed by atoms with Crippen molar-refractivity contribution in [3.8, 4) is 11.5 Å². The number of amides is 2. The molecule has 2 unspecified atom stereocenters. The molecule has 1 N–H and O–H groups in total. The maximum Gasteiger partial charge on any atom is 0.264 e. The van der Waals surface area contributed by atoms with E-state index >= 15 is 0 Å². The van der Waals surface area contributed by atoms with Gasteiger partial charge >= 0.3 is 0 Å². The molecule has 41 heavy (non-hydrogen) atoms. The van der Waals surface area contributed by atoms with E-state index in [1.54, 1.807) is 61.7 Å². The number of sulfonamides is 1. The van der Waals surface area contributed by atoms with E-state index in [2.05, 4.69) is 5.32 Å². The van der Waals surface area contributed by atoms with Gasteiger partial charge in [0.25, 0.3) is 10.0 Å². The summed E-state index contributed by atoms with van der Waals surface area (Å²) in [6.45, 7) is 5.28. The van der Waals surface area contributed by atoms with Crippen molar-refractivity contribution in [1.82, 2.24) is 10.2 Å². The van der Waals surface area contributed by atoms with Gasteiger partial charge in [-0.2, -0.15) is 0 Å². The topological polar surface area (TPSA) is 105 Å². The second-order valence-electron chi connectivity index (χ2n) is 9.64. The predicted octanol–water partition coefficient (Wildman–Crippen LogP) is 4.62. The normalized spacial score (nSPS) is 12.6. The van der Waals surface area contributed by atoms with Crippen LogP contribution in [0.15, 0.2) is 83.8 Å². The van der Waals surface area contributed by atoms with Crippen LogP contribution in [0.3, 0.4) is 0 Å². The van der Waals surface area contributed by atoms with Crippen LogP contribution >= 0.6 is 0 Å². The Kier molecular flexibility index (Phi) is 11.2. The molecule has 3 rings (SSSR count). The summed E-state index contributed by atoms with van der Waals surface area (Å²) in [5, 5.41) is 2.97. The molecule has 10 heteroatoms. The van der Waals surface area contributed by atoms with E-state index in [1.165, 1.54) is 24.1 Å². The van der Waals surface area contributed by atoms with Crippen LogP contribution in [0.1, 0.15) is 39.2 Å². The number of carbonyl (C=O) groups is 2. The molecule has 3 aromatic carbocycles.